The lowest BCUT2D eigenvalue weighted by molar-refractivity contribution is 0.108. The highest BCUT2D eigenvalue weighted by molar-refractivity contribution is 8.14. The number of rotatable bonds is 0. The third kappa shape index (κ3) is 1.28. The molecule has 0 saturated heterocycles. The van der Waals surface area contributed by atoms with Crippen molar-refractivity contribution < 1.29 is 9.90 Å². The monoisotopic (exact) mass is 260 g/mol. The van der Waals surface area contributed by atoms with E-state index in [4.69, 9.17) is 0 Å². The number of phenolic OH excluding ortho intramolecular Hbond substituents is 1. The minimum Gasteiger partial charge on any atom is -0.507 e. The molecule has 3 heteroatoms. The Hall–Kier alpha value is -0.960. The molecule has 0 aromatic heterocycles. The minimum atomic E-state index is 0.101. The number of benzene rings is 1. The van der Waals surface area contributed by atoms with Crippen molar-refractivity contribution in [2.75, 3.05) is 0 Å². The number of hydrogen-bond donors (Lipinski definition) is 1. The lowest BCUT2D eigenvalue weighted by Crippen LogP contribution is -2.15. The van der Waals surface area contributed by atoms with Gasteiger partial charge in [0.1, 0.15) is 5.75 Å². The first-order chi connectivity index (χ1) is 8.77. The van der Waals surface area contributed by atoms with Crippen molar-refractivity contribution >= 4 is 16.9 Å². The van der Waals surface area contributed by atoms with Crippen LogP contribution in [0.3, 0.4) is 0 Å². The highest BCUT2D eigenvalue weighted by Gasteiger charge is 2.39. The Bertz CT molecular complexity index is 562. The number of carbonyl (C=O) groups is 1. The molecule has 0 radical (unpaired) electrons. The van der Waals surface area contributed by atoms with Crippen molar-refractivity contribution in [2.45, 2.75) is 50.2 Å². The van der Waals surface area contributed by atoms with Crippen LogP contribution in [0, 0.1) is 0 Å². The predicted octanol–water partition coefficient (Wildman–Crippen LogP) is 3.54. The maximum atomic E-state index is 12.1. The Labute approximate surface area is 111 Å². The Balaban J connectivity index is 2.07. The molecule has 1 heterocycles. The van der Waals surface area contributed by atoms with E-state index in [9.17, 15) is 9.90 Å². The second-order valence-electron chi connectivity index (χ2n) is 5.57. The molecule has 2 aliphatic carbocycles. The fourth-order valence-corrected chi connectivity index (χ4v) is 5.10. The zero-order valence-electron chi connectivity index (χ0n) is 10.3. The minimum absolute atomic E-state index is 0.101. The van der Waals surface area contributed by atoms with Crippen molar-refractivity contribution in [3.8, 4) is 5.75 Å². The van der Waals surface area contributed by atoms with E-state index >= 15 is 0 Å². The van der Waals surface area contributed by atoms with E-state index in [2.05, 4.69) is 0 Å². The highest BCUT2D eigenvalue weighted by atomic mass is 32.2. The van der Waals surface area contributed by atoms with Gasteiger partial charge in [-0.1, -0.05) is 11.8 Å². The van der Waals surface area contributed by atoms with Crippen molar-refractivity contribution in [3.05, 3.63) is 27.8 Å². The molecule has 0 fully saturated rings. The molecule has 3 aliphatic rings. The molecule has 1 aromatic rings. The number of fused-ring (bicyclic) bond motifs is 2. The summed E-state index contributed by atoms with van der Waals surface area (Å²) in [4.78, 5) is 12.1. The summed E-state index contributed by atoms with van der Waals surface area (Å²) in [6, 6.07) is 0. The van der Waals surface area contributed by atoms with E-state index in [0.29, 0.717) is 16.6 Å². The first-order valence-electron chi connectivity index (χ1n) is 6.88. The summed E-state index contributed by atoms with van der Waals surface area (Å²) >= 11 is 1.43. The lowest BCUT2D eigenvalue weighted by atomic mass is 9.78. The van der Waals surface area contributed by atoms with Crippen LogP contribution in [-0.4, -0.2) is 10.2 Å². The van der Waals surface area contributed by atoms with E-state index in [1.165, 1.54) is 41.3 Å². The van der Waals surface area contributed by atoms with Gasteiger partial charge in [-0.3, -0.25) is 4.79 Å². The standard InChI is InChI=1S/C15H16O2S/c16-14-10-5-2-1-4-8(10)9-6-3-7-11-12(9)13(14)15(17)18-11/h11,16H,1-7H2. The second-order valence-corrected chi connectivity index (χ2v) is 6.74. The molecule has 0 spiro atoms. The smallest absolute Gasteiger partial charge is 0.224 e. The summed E-state index contributed by atoms with van der Waals surface area (Å²) in [6.45, 7) is 0. The van der Waals surface area contributed by atoms with Gasteiger partial charge in [-0.25, -0.2) is 0 Å². The van der Waals surface area contributed by atoms with Crippen LogP contribution < -0.4 is 0 Å². The summed E-state index contributed by atoms with van der Waals surface area (Å²) in [7, 11) is 0. The molecule has 4 rings (SSSR count). The molecule has 18 heavy (non-hydrogen) atoms. The predicted molar refractivity (Wildman–Crippen MR) is 72.3 cm³/mol. The summed E-state index contributed by atoms with van der Waals surface area (Å²) in [5.41, 5.74) is 5.77. The maximum Gasteiger partial charge on any atom is 0.224 e. The number of phenols is 1. The lowest BCUT2D eigenvalue weighted by Gasteiger charge is -2.28. The fourth-order valence-electron chi connectivity index (χ4n) is 3.85. The third-order valence-electron chi connectivity index (χ3n) is 4.62. The first kappa shape index (κ1) is 10.9. The van der Waals surface area contributed by atoms with E-state index in [0.717, 1.165) is 37.7 Å². The molecule has 2 nitrogen and oxygen atoms in total. The van der Waals surface area contributed by atoms with Crippen LogP contribution in [0.25, 0.3) is 0 Å². The average Bonchev–Trinajstić information content (AvgIpc) is 2.73. The van der Waals surface area contributed by atoms with Crippen molar-refractivity contribution in [1.29, 1.82) is 0 Å². The Morgan fingerprint density at radius 2 is 1.72 bits per heavy atom. The van der Waals surface area contributed by atoms with Gasteiger partial charge in [0.25, 0.3) is 0 Å². The quantitative estimate of drug-likeness (QED) is 0.775. The van der Waals surface area contributed by atoms with Gasteiger partial charge in [0.2, 0.25) is 5.12 Å². The van der Waals surface area contributed by atoms with Gasteiger partial charge >= 0.3 is 0 Å². The van der Waals surface area contributed by atoms with E-state index in [-0.39, 0.29) is 5.12 Å². The van der Waals surface area contributed by atoms with Gasteiger partial charge < -0.3 is 5.11 Å². The molecule has 1 aliphatic heterocycles. The van der Waals surface area contributed by atoms with E-state index in [1.54, 1.807) is 0 Å². The van der Waals surface area contributed by atoms with Crippen LogP contribution in [0.5, 0.6) is 5.75 Å². The first-order valence-corrected chi connectivity index (χ1v) is 7.75. The Morgan fingerprint density at radius 1 is 1.00 bits per heavy atom. The second kappa shape index (κ2) is 3.77. The summed E-state index contributed by atoms with van der Waals surface area (Å²) in [5, 5.41) is 10.9. The van der Waals surface area contributed by atoms with Crippen molar-refractivity contribution in [3.63, 3.8) is 0 Å². The van der Waals surface area contributed by atoms with Crippen LogP contribution in [0.1, 0.15) is 63.5 Å². The van der Waals surface area contributed by atoms with Crippen LogP contribution >= 0.6 is 11.8 Å². The summed E-state index contributed by atoms with van der Waals surface area (Å²) in [6.07, 6.45) is 7.80. The molecule has 1 N–H and O–H groups in total. The van der Waals surface area contributed by atoms with Gasteiger partial charge in [-0.15, -0.1) is 0 Å². The van der Waals surface area contributed by atoms with Gasteiger partial charge in [0.05, 0.1) is 5.56 Å². The molecule has 0 bridgehead atoms. The fraction of sp³-hybridized carbons (Fsp3) is 0.533. The SMILES string of the molecule is O=C1SC2CCCc3c4c(c(O)c1c32)CCCC4. The molecular weight excluding hydrogens is 244 g/mol. The molecule has 1 unspecified atom stereocenters. The number of hydrogen-bond acceptors (Lipinski definition) is 3. The zero-order chi connectivity index (χ0) is 12.3. The molecule has 94 valence electrons. The Morgan fingerprint density at radius 3 is 2.56 bits per heavy atom. The van der Waals surface area contributed by atoms with Crippen molar-refractivity contribution in [1.82, 2.24) is 0 Å². The van der Waals surface area contributed by atoms with Crippen LogP contribution in [0.2, 0.25) is 0 Å². The van der Waals surface area contributed by atoms with Gasteiger partial charge in [0.15, 0.2) is 0 Å². The number of thioether (sulfide) groups is 1. The third-order valence-corrected chi connectivity index (χ3v) is 5.79. The zero-order valence-corrected chi connectivity index (χ0v) is 11.1. The molecular formula is C15H16O2S. The van der Waals surface area contributed by atoms with Gasteiger partial charge in [0, 0.05) is 5.25 Å². The maximum absolute atomic E-state index is 12.1. The number of carbonyl (C=O) groups excluding carboxylic acids is 1. The van der Waals surface area contributed by atoms with Crippen LogP contribution in [-0.2, 0) is 19.3 Å². The molecule has 1 atom stereocenters. The topological polar surface area (TPSA) is 37.3 Å². The average molecular weight is 260 g/mol. The van der Waals surface area contributed by atoms with Crippen LogP contribution in [0.4, 0.5) is 0 Å². The molecule has 0 saturated carbocycles. The number of aromatic hydroxyl groups is 1. The van der Waals surface area contributed by atoms with E-state index in [1.807, 2.05) is 0 Å². The highest BCUT2D eigenvalue weighted by Crippen LogP contribution is 2.54. The van der Waals surface area contributed by atoms with Gasteiger partial charge in [-0.2, -0.15) is 0 Å². The van der Waals surface area contributed by atoms with Gasteiger partial charge in [-0.05, 0) is 67.2 Å². The Kier molecular flexibility index (Phi) is 2.28. The summed E-state index contributed by atoms with van der Waals surface area (Å²) < 4.78 is 0. The summed E-state index contributed by atoms with van der Waals surface area (Å²) in [5.74, 6) is 0.324. The van der Waals surface area contributed by atoms with E-state index < -0.39 is 0 Å². The van der Waals surface area contributed by atoms with Crippen molar-refractivity contribution in [2.24, 2.45) is 0 Å². The normalized spacial score (nSPS) is 24.9. The molecule has 0 amide bonds. The van der Waals surface area contributed by atoms with Crippen LogP contribution in [0.15, 0.2) is 0 Å². The largest absolute Gasteiger partial charge is 0.507 e. The molecule has 1 aromatic carbocycles.